The van der Waals surface area contributed by atoms with Crippen molar-refractivity contribution in [1.82, 2.24) is 4.90 Å². The van der Waals surface area contributed by atoms with E-state index in [1.54, 1.807) is 0 Å². The number of benzene rings is 1. The van der Waals surface area contributed by atoms with Gasteiger partial charge in [0.25, 0.3) is 5.91 Å². The lowest BCUT2D eigenvalue weighted by Crippen LogP contribution is -2.33. The highest BCUT2D eigenvalue weighted by Crippen LogP contribution is 2.24. The Bertz CT molecular complexity index is 500. The average Bonchev–Trinajstić information content (AvgIpc) is 2.94. The second-order valence-corrected chi connectivity index (χ2v) is 6.20. The maximum absolute atomic E-state index is 12.2. The van der Waals surface area contributed by atoms with Gasteiger partial charge in [0.05, 0.1) is 0 Å². The summed E-state index contributed by atoms with van der Waals surface area (Å²) in [4.78, 5) is 14.0. The number of hydrogen-bond donors (Lipinski definition) is 1. The second-order valence-electron chi connectivity index (χ2n) is 6.20. The Balaban J connectivity index is 1.93. The molecule has 1 fully saturated rings. The summed E-state index contributed by atoms with van der Waals surface area (Å²) >= 11 is 0. The zero-order valence-electron chi connectivity index (χ0n) is 13.3. The number of carbonyl (C=O) groups is 1. The first-order valence-corrected chi connectivity index (χ1v) is 7.72. The molecular weight excluding hydrogens is 264 g/mol. The molecule has 0 saturated carbocycles. The van der Waals surface area contributed by atoms with Crippen molar-refractivity contribution >= 4 is 5.91 Å². The van der Waals surface area contributed by atoms with Gasteiger partial charge in [-0.2, -0.15) is 0 Å². The maximum atomic E-state index is 12.2. The minimum atomic E-state index is 0.0558. The van der Waals surface area contributed by atoms with Gasteiger partial charge in [-0.15, -0.1) is 0 Å². The average molecular weight is 290 g/mol. The zero-order chi connectivity index (χ0) is 15.4. The van der Waals surface area contributed by atoms with Crippen molar-refractivity contribution < 1.29 is 9.53 Å². The summed E-state index contributed by atoms with van der Waals surface area (Å²) in [5.41, 5.74) is 7.95. The van der Waals surface area contributed by atoms with Crippen LogP contribution in [0, 0.1) is 12.8 Å². The molecule has 2 N–H and O–H groups in total. The largest absolute Gasteiger partial charge is 0.483 e. The highest BCUT2D eigenvalue weighted by Gasteiger charge is 2.25. The Morgan fingerprint density at radius 2 is 2.24 bits per heavy atom. The van der Waals surface area contributed by atoms with E-state index in [2.05, 4.69) is 26.0 Å². The van der Waals surface area contributed by atoms with Crippen LogP contribution in [0.2, 0.25) is 0 Å². The van der Waals surface area contributed by atoms with Crippen molar-refractivity contribution in [2.24, 2.45) is 11.7 Å². The van der Waals surface area contributed by atoms with Crippen LogP contribution in [0.4, 0.5) is 0 Å². The van der Waals surface area contributed by atoms with Crippen LogP contribution >= 0.6 is 0 Å². The third kappa shape index (κ3) is 3.97. The molecule has 4 nitrogen and oxygen atoms in total. The van der Waals surface area contributed by atoms with Gasteiger partial charge in [-0.05, 0) is 48.9 Å². The maximum Gasteiger partial charge on any atom is 0.260 e. The summed E-state index contributed by atoms with van der Waals surface area (Å²) in [6.07, 6.45) is 1.00. The SMILES string of the molecule is Cc1ccc(C(C)C)cc1OCC(=O)N1CCC(CN)C1. The number of likely N-dealkylation sites (tertiary alicyclic amines) is 1. The van der Waals surface area contributed by atoms with Crippen molar-refractivity contribution in [3.05, 3.63) is 29.3 Å². The number of ether oxygens (including phenoxy) is 1. The van der Waals surface area contributed by atoms with Crippen molar-refractivity contribution in [1.29, 1.82) is 0 Å². The van der Waals surface area contributed by atoms with E-state index in [9.17, 15) is 4.79 Å². The van der Waals surface area contributed by atoms with Crippen LogP contribution in [0.15, 0.2) is 18.2 Å². The Labute approximate surface area is 127 Å². The molecule has 0 bridgehead atoms. The highest BCUT2D eigenvalue weighted by atomic mass is 16.5. The second kappa shape index (κ2) is 6.94. The lowest BCUT2D eigenvalue weighted by Gasteiger charge is -2.18. The van der Waals surface area contributed by atoms with Crippen LogP contribution in [0.5, 0.6) is 5.75 Å². The first-order valence-electron chi connectivity index (χ1n) is 7.72. The minimum Gasteiger partial charge on any atom is -0.483 e. The standard InChI is InChI=1S/C17H26N2O2/c1-12(2)15-5-4-13(3)16(8-15)21-11-17(20)19-7-6-14(9-18)10-19/h4-5,8,12,14H,6-7,9-11,18H2,1-3H3. The Morgan fingerprint density at radius 3 is 2.86 bits per heavy atom. The zero-order valence-corrected chi connectivity index (χ0v) is 13.3. The fourth-order valence-electron chi connectivity index (χ4n) is 2.61. The first-order chi connectivity index (χ1) is 10.0. The number of aryl methyl sites for hydroxylation is 1. The van der Waals surface area contributed by atoms with E-state index in [4.69, 9.17) is 10.5 Å². The molecule has 1 saturated heterocycles. The number of nitrogens with zero attached hydrogens (tertiary/aromatic N) is 1. The van der Waals surface area contributed by atoms with Crippen LogP contribution in [0.25, 0.3) is 0 Å². The molecule has 0 radical (unpaired) electrons. The van der Waals surface area contributed by atoms with E-state index in [0.29, 0.717) is 18.4 Å². The highest BCUT2D eigenvalue weighted by molar-refractivity contribution is 5.78. The van der Waals surface area contributed by atoms with Crippen LogP contribution in [0.3, 0.4) is 0 Å². The van der Waals surface area contributed by atoms with Crippen molar-refractivity contribution in [3.63, 3.8) is 0 Å². The van der Waals surface area contributed by atoms with E-state index in [-0.39, 0.29) is 12.5 Å². The quantitative estimate of drug-likeness (QED) is 0.905. The van der Waals surface area contributed by atoms with Crippen molar-refractivity contribution in [2.75, 3.05) is 26.2 Å². The van der Waals surface area contributed by atoms with E-state index >= 15 is 0 Å². The van der Waals surface area contributed by atoms with Crippen LogP contribution < -0.4 is 10.5 Å². The van der Waals surface area contributed by atoms with Crippen LogP contribution in [0.1, 0.15) is 37.3 Å². The Morgan fingerprint density at radius 1 is 1.48 bits per heavy atom. The number of rotatable bonds is 5. The Kier molecular flexibility index (Phi) is 5.23. The number of hydrogen-bond acceptors (Lipinski definition) is 3. The van der Waals surface area contributed by atoms with E-state index in [1.165, 1.54) is 5.56 Å². The van der Waals surface area contributed by atoms with Gasteiger partial charge in [0.15, 0.2) is 6.61 Å². The topological polar surface area (TPSA) is 55.6 Å². The van der Waals surface area contributed by atoms with Gasteiger partial charge in [-0.25, -0.2) is 0 Å². The van der Waals surface area contributed by atoms with Crippen LogP contribution in [-0.2, 0) is 4.79 Å². The van der Waals surface area contributed by atoms with Crippen LogP contribution in [-0.4, -0.2) is 37.0 Å². The van der Waals surface area contributed by atoms with Crippen molar-refractivity contribution in [2.45, 2.75) is 33.1 Å². The molecule has 4 heteroatoms. The number of nitrogens with two attached hydrogens (primary N) is 1. The molecule has 1 aliphatic heterocycles. The molecule has 1 atom stereocenters. The van der Waals surface area contributed by atoms with Gasteiger partial charge < -0.3 is 15.4 Å². The molecule has 1 unspecified atom stereocenters. The lowest BCUT2D eigenvalue weighted by atomic mass is 10.0. The summed E-state index contributed by atoms with van der Waals surface area (Å²) in [6.45, 7) is 8.64. The fourth-order valence-corrected chi connectivity index (χ4v) is 2.61. The molecule has 0 aliphatic carbocycles. The van der Waals surface area contributed by atoms with E-state index in [1.807, 2.05) is 17.9 Å². The van der Waals surface area contributed by atoms with Gasteiger partial charge in [0.1, 0.15) is 5.75 Å². The van der Waals surface area contributed by atoms with Gasteiger partial charge in [0.2, 0.25) is 0 Å². The summed E-state index contributed by atoms with van der Waals surface area (Å²) in [5, 5.41) is 0. The van der Waals surface area contributed by atoms with Gasteiger partial charge in [-0.1, -0.05) is 26.0 Å². The molecule has 21 heavy (non-hydrogen) atoms. The predicted octanol–water partition coefficient (Wildman–Crippen LogP) is 2.30. The lowest BCUT2D eigenvalue weighted by molar-refractivity contribution is -0.132. The normalized spacial score (nSPS) is 18.3. The van der Waals surface area contributed by atoms with Crippen molar-refractivity contribution in [3.8, 4) is 5.75 Å². The monoisotopic (exact) mass is 290 g/mol. The summed E-state index contributed by atoms with van der Waals surface area (Å²) in [7, 11) is 0. The molecular formula is C17H26N2O2. The first kappa shape index (κ1) is 15.8. The third-order valence-electron chi connectivity index (χ3n) is 4.20. The molecule has 0 aromatic heterocycles. The molecule has 1 aliphatic rings. The molecule has 1 aromatic rings. The van der Waals surface area contributed by atoms with E-state index < -0.39 is 0 Å². The summed E-state index contributed by atoms with van der Waals surface area (Å²) < 4.78 is 5.75. The third-order valence-corrected chi connectivity index (χ3v) is 4.20. The van der Waals surface area contributed by atoms with Gasteiger partial charge >= 0.3 is 0 Å². The number of amides is 1. The minimum absolute atomic E-state index is 0.0558. The van der Waals surface area contributed by atoms with Gasteiger partial charge in [0, 0.05) is 13.1 Å². The molecule has 2 rings (SSSR count). The predicted molar refractivity (Wildman–Crippen MR) is 84.5 cm³/mol. The molecule has 0 spiro atoms. The smallest absolute Gasteiger partial charge is 0.260 e. The molecule has 1 aromatic carbocycles. The number of carbonyl (C=O) groups excluding carboxylic acids is 1. The molecule has 116 valence electrons. The molecule has 1 heterocycles. The molecule has 1 amide bonds. The Hall–Kier alpha value is -1.55. The summed E-state index contributed by atoms with van der Waals surface area (Å²) in [5.74, 6) is 1.76. The van der Waals surface area contributed by atoms with E-state index in [0.717, 1.165) is 30.8 Å². The summed E-state index contributed by atoms with van der Waals surface area (Å²) in [6, 6.07) is 6.20. The van der Waals surface area contributed by atoms with Gasteiger partial charge in [-0.3, -0.25) is 4.79 Å². The fraction of sp³-hybridized carbons (Fsp3) is 0.588.